The molecule has 0 atom stereocenters. The molecule has 6 aliphatic carbocycles. The summed E-state index contributed by atoms with van der Waals surface area (Å²) >= 11 is 13.3. The van der Waals surface area contributed by atoms with Crippen LogP contribution >= 0.6 is 54.2 Å². The Bertz CT molecular complexity index is 699. The molecule has 3 radical (unpaired) electrons. The van der Waals surface area contributed by atoms with Gasteiger partial charge in [0, 0.05) is 19.8 Å². The minimum Gasteiger partial charge on any atom is -0.0588 e. The van der Waals surface area contributed by atoms with E-state index in [0.29, 0.717) is 0 Å². The van der Waals surface area contributed by atoms with E-state index in [0.717, 1.165) is 38.5 Å². The number of halogens is 4. The summed E-state index contributed by atoms with van der Waals surface area (Å²) in [5.41, 5.74) is 8.63. The third-order valence-corrected chi connectivity index (χ3v) is 5.18. The van der Waals surface area contributed by atoms with Gasteiger partial charge in [-0.05, 0) is 71.9 Å². The molecule has 0 amide bonds. The normalized spacial score (nSPS) is 13.6. The Morgan fingerprint density at radius 2 is 0.467 bits per heavy atom. The van der Waals surface area contributed by atoms with Crippen LogP contribution in [0.3, 0.4) is 0 Å². The Balaban J connectivity index is 0.000000482. The van der Waals surface area contributed by atoms with Gasteiger partial charge in [-0.25, -0.2) is 0 Å². The van der Waals surface area contributed by atoms with E-state index in [-0.39, 0.29) is 19.8 Å². The Hall–Kier alpha value is 0.853. The van der Waals surface area contributed by atoms with E-state index in [2.05, 4.69) is 127 Å². The summed E-state index contributed by atoms with van der Waals surface area (Å²) in [5, 5.41) is 0. The molecule has 3 aromatic rings. The number of rotatable bonds is 0. The Morgan fingerprint density at radius 3 is 0.567 bits per heavy atom. The van der Waals surface area contributed by atoms with Crippen molar-refractivity contribution in [1.29, 1.82) is 0 Å². The van der Waals surface area contributed by atoms with Crippen LogP contribution in [0, 0.1) is 0 Å². The number of hydrogen-bond acceptors (Lipinski definition) is 0. The molecule has 0 saturated carbocycles. The number of benzene rings is 3. The molecule has 0 saturated heterocycles. The maximum atomic E-state index is 3.33. The van der Waals surface area contributed by atoms with Gasteiger partial charge < -0.3 is 0 Å². The maximum Gasteiger partial charge on any atom is 0 e. The summed E-state index contributed by atoms with van der Waals surface area (Å²) < 4.78 is 0. The molecule has 0 nitrogen and oxygen atoms in total. The molecular formula is C24H24Br4Ga2-. The smallest absolute Gasteiger partial charge is 0 e. The van der Waals surface area contributed by atoms with Crippen molar-refractivity contribution < 1.29 is 0 Å². The van der Waals surface area contributed by atoms with Crippen molar-refractivity contribution in [2.75, 3.05) is 0 Å². The molecule has 0 fully saturated rings. The molecule has 30 heavy (non-hydrogen) atoms. The topological polar surface area (TPSA) is 0 Å². The average Bonchev–Trinajstić information content (AvgIpc) is 2.70. The SMILES string of the molecule is [Br][Ga-]([Br])([Br])[Br].[Ga].c1cc2ccc1CCc1ccc(cc1)CCc1ccc(cc1)CC2. The van der Waals surface area contributed by atoms with Crippen molar-refractivity contribution in [3.05, 3.63) is 106 Å². The van der Waals surface area contributed by atoms with Gasteiger partial charge >= 0.3 is 61.3 Å². The van der Waals surface area contributed by atoms with Gasteiger partial charge in [0.2, 0.25) is 0 Å². The third-order valence-electron chi connectivity index (χ3n) is 5.18. The van der Waals surface area contributed by atoms with Crippen LogP contribution in [0.4, 0.5) is 0 Å². The van der Waals surface area contributed by atoms with E-state index >= 15 is 0 Å². The molecular weight excluding hydrogens is 747 g/mol. The van der Waals surface area contributed by atoms with Crippen molar-refractivity contribution >= 4 is 81.1 Å². The molecule has 0 heterocycles. The molecule has 6 heteroatoms. The van der Waals surface area contributed by atoms with Gasteiger partial charge in [0.15, 0.2) is 0 Å². The second-order valence-corrected chi connectivity index (χ2v) is 76.4. The van der Waals surface area contributed by atoms with E-state index in [9.17, 15) is 0 Å². The first kappa shape index (κ1) is 27.1. The van der Waals surface area contributed by atoms with Crippen molar-refractivity contribution in [3.8, 4) is 0 Å². The van der Waals surface area contributed by atoms with Crippen molar-refractivity contribution in [2.45, 2.75) is 38.5 Å². The molecule has 0 aromatic heterocycles. The van der Waals surface area contributed by atoms with E-state index in [1.807, 2.05) is 0 Å². The largest absolute Gasteiger partial charge is 0.0588 e. The minimum absolute atomic E-state index is 0. The van der Waals surface area contributed by atoms with Crippen LogP contribution in [0.5, 0.6) is 0 Å². The fourth-order valence-electron chi connectivity index (χ4n) is 3.48. The molecule has 0 unspecified atom stereocenters. The summed E-state index contributed by atoms with van der Waals surface area (Å²) in [6, 6.07) is 27.6. The first-order chi connectivity index (χ1) is 13.8. The standard InChI is InChI=1S/C24H24.4BrH.2Ga/c1-2-20-4-3-19(1)13-14-21-5-7-23(8-6-21)17-18-24-11-9-22(10-12-24)16-15-20;;;;;;/h1-12H,13-18H2;4*1H;;/q;;;;;;+3/p-4. The van der Waals surface area contributed by atoms with E-state index in [1.165, 1.54) is 33.4 Å². The maximum absolute atomic E-state index is 3.33. The average molecular weight is 772 g/mol. The molecule has 0 spiro atoms. The Labute approximate surface area is 223 Å². The van der Waals surface area contributed by atoms with E-state index in [4.69, 9.17) is 0 Å². The van der Waals surface area contributed by atoms with Crippen LogP contribution in [0.25, 0.3) is 0 Å². The molecule has 0 N–H and O–H groups in total. The summed E-state index contributed by atoms with van der Waals surface area (Å²) in [4.78, 5) is 0. The van der Waals surface area contributed by atoms with Gasteiger partial charge in [0.05, 0.1) is 0 Å². The van der Waals surface area contributed by atoms with Crippen LogP contribution in [0.1, 0.15) is 33.4 Å². The first-order valence-electron chi connectivity index (χ1n) is 9.96. The zero-order valence-electron chi connectivity index (χ0n) is 16.8. The quantitative estimate of drug-likeness (QED) is 0.204. The summed E-state index contributed by atoms with van der Waals surface area (Å²) in [5.74, 6) is 0. The fraction of sp³-hybridized carbons (Fsp3) is 0.250. The van der Waals surface area contributed by atoms with Gasteiger partial charge in [-0.2, -0.15) is 0 Å². The summed E-state index contributed by atoms with van der Waals surface area (Å²) in [7, 11) is -1.88. The molecule has 6 bridgehead atoms. The van der Waals surface area contributed by atoms with Crippen LogP contribution in [0.15, 0.2) is 72.8 Å². The van der Waals surface area contributed by atoms with Gasteiger partial charge in [-0.3, -0.25) is 0 Å². The van der Waals surface area contributed by atoms with Gasteiger partial charge in [0.1, 0.15) is 0 Å². The Morgan fingerprint density at radius 1 is 0.367 bits per heavy atom. The molecule has 3 aromatic carbocycles. The summed E-state index contributed by atoms with van der Waals surface area (Å²) in [6.07, 6.45) is 6.75. The molecule has 155 valence electrons. The van der Waals surface area contributed by atoms with Crippen LogP contribution < -0.4 is 0 Å². The van der Waals surface area contributed by atoms with Crippen LogP contribution in [-0.2, 0) is 38.5 Å². The van der Waals surface area contributed by atoms with Crippen molar-refractivity contribution in [2.24, 2.45) is 0 Å². The van der Waals surface area contributed by atoms with Crippen molar-refractivity contribution in [1.82, 2.24) is 0 Å². The molecule has 0 aliphatic heterocycles. The predicted octanol–water partition coefficient (Wildman–Crippen LogP) is 7.98. The van der Waals surface area contributed by atoms with Crippen molar-refractivity contribution in [3.63, 3.8) is 0 Å². The zero-order chi connectivity index (χ0) is 20.7. The van der Waals surface area contributed by atoms with E-state index in [1.54, 1.807) is 0 Å². The number of aryl methyl sites for hydroxylation is 6. The van der Waals surface area contributed by atoms with Crippen LogP contribution in [-0.4, -0.2) is 26.9 Å². The zero-order valence-corrected chi connectivity index (χ0v) is 28.0. The first-order valence-corrected chi connectivity index (χ1v) is 32.7. The fourth-order valence-corrected chi connectivity index (χ4v) is 3.48. The summed E-state index contributed by atoms with van der Waals surface area (Å²) in [6.45, 7) is 0. The minimum atomic E-state index is -1.88. The van der Waals surface area contributed by atoms with E-state index < -0.39 is 7.11 Å². The molecule has 9 rings (SSSR count). The number of hydrogen-bond donors (Lipinski definition) is 0. The Kier molecular flexibility index (Phi) is 12.2. The second kappa shape index (κ2) is 13.5. The van der Waals surface area contributed by atoms with Crippen LogP contribution in [0.2, 0.25) is 0 Å². The van der Waals surface area contributed by atoms with Gasteiger partial charge in [-0.15, -0.1) is 0 Å². The molecule has 6 aliphatic rings. The third kappa shape index (κ3) is 10.6. The second-order valence-electron chi connectivity index (χ2n) is 7.44. The predicted molar refractivity (Wildman–Crippen MR) is 149 cm³/mol. The van der Waals surface area contributed by atoms with Gasteiger partial charge in [-0.1, -0.05) is 72.8 Å². The van der Waals surface area contributed by atoms with Gasteiger partial charge in [0.25, 0.3) is 0 Å². The monoisotopic (exact) mass is 766 g/mol.